The third-order valence-corrected chi connectivity index (χ3v) is 11.3. The number of aromatic nitrogens is 1. The van der Waals surface area contributed by atoms with E-state index in [0.29, 0.717) is 56.6 Å². The van der Waals surface area contributed by atoms with Crippen LogP contribution < -0.4 is 0 Å². The number of carbonyl (C=O) groups excluding carboxylic acids is 3. The highest BCUT2D eigenvalue weighted by molar-refractivity contribution is 7.11. The Bertz CT molecular complexity index is 1180. The predicted molar refractivity (Wildman–Crippen MR) is 153 cm³/mol. The number of amides is 3. The van der Waals surface area contributed by atoms with Crippen molar-refractivity contribution >= 4 is 35.0 Å². The molecule has 1 spiro atoms. The van der Waals surface area contributed by atoms with E-state index in [9.17, 15) is 24.3 Å². The van der Waals surface area contributed by atoms with Crippen molar-refractivity contribution in [3.05, 3.63) is 16.6 Å². The van der Waals surface area contributed by atoms with Crippen LogP contribution in [0.2, 0.25) is 0 Å². The van der Waals surface area contributed by atoms with E-state index in [1.165, 1.54) is 43.4 Å². The van der Waals surface area contributed by atoms with Crippen molar-refractivity contribution in [2.75, 3.05) is 52.4 Å². The van der Waals surface area contributed by atoms with Crippen molar-refractivity contribution in [1.82, 2.24) is 24.6 Å². The lowest BCUT2D eigenvalue weighted by atomic mass is 9.70. The summed E-state index contributed by atoms with van der Waals surface area (Å²) in [4.78, 5) is 64.9. The summed E-state index contributed by atoms with van der Waals surface area (Å²) in [6, 6.07) is -0.212. The molecule has 3 atom stereocenters. The summed E-state index contributed by atoms with van der Waals surface area (Å²) in [7, 11) is 0. The first-order valence-corrected chi connectivity index (χ1v) is 16.2. The second-order valence-electron chi connectivity index (χ2n) is 13.9. The van der Waals surface area contributed by atoms with Crippen LogP contribution in [0.4, 0.5) is 0 Å². The van der Waals surface area contributed by atoms with Gasteiger partial charge < -0.3 is 19.8 Å². The molecule has 3 aliphatic heterocycles. The average molecular weight is 586 g/mol. The molecule has 10 nitrogen and oxygen atoms in total. The van der Waals surface area contributed by atoms with Crippen LogP contribution >= 0.6 is 11.3 Å². The zero-order chi connectivity index (χ0) is 28.9. The molecule has 0 bridgehead atoms. The van der Waals surface area contributed by atoms with Crippen molar-refractivity contribution in [3.63, 3.8) is 0 Å². The van der Waals surface area contributed by atoms with Crippen molar-refractivity contribution < 1.29 is 24.3 Å². The van der Waals surface area contributed by atoms with Crippen LogP contribution in [0.3, 0.4) is 0 Å². The van der Waals surface area contributed by atoms with Gasteiger partial charge in [0.05, 0.1) is 24.0 Å². The third kappa shape index (κ3) is 5.63. The van der Waals surface area contributed by atoms with Crippen molar-refractivity contribution in [2.24, 2.45) is 28.6 Å². The number of rotatable bonds is 7. The van der Waals surface area contributed by atoms with Gasteiger partial charge in [0.15, 0.2) is 0 Å². The summed E-state index contributed by atoms with van der Waals surface area (Å²) >= 11 is 1.30. The van der Waals surface area contributed by atoms with E-state index < -0.39 is 17.3 Å². The van der Waals surface area contributed by atoms with Crippen molar-refractivity contribution in [1.29, 1.82) is 0 Å². The van der Waals surface area contributed by atoms with Gasteiger partial charge in [0, 0.05) is 69.7 Å². The van der Waals surface area contributed by atoms with E-state index in [0.717, 1.165) is 13.0 Å². The monoisotopic (exact) mass is 585 g/mol. The number of hydrogen-bond donors (Lipinski definition) is 1. The van der Waals surface area contributed by atoms with Gasteiger partial charge in [-0.25, -0.2) is 0 Å². The first kappa shape index (κ1) is 28.6. The molecule has 6 rings (SSSR count). The number of carboxylic acids is 1. The summed E-state index contributed by atoms with van der Waals surface area (Å²) < 4.78 is 0. The van der Waals surface area contributed by atoms with Gasteiger partial charge in [-0.15, -0.1) is 11.3 Å². The average Bonchev–Trinajstić information content (AvgIpc) is 3.30. The van der Waals surface area contributed by atoms with Gasteiger partial charge in [0.2, 0.25) is 11.8 Å². The lowest BCUT2D eigenvalue weighted by Gasteiger charge is -2.52. The van der Waals surface area contributed by atoms with Crippen LogP contribution in [0.25, 0.3) is 0 Å². The summed E-state index contributed by atoms with van der Waals surface area (Å²) in [5, 5.41) is 9.69. The van der Waals surface area contributed by atoms with Crippen LogP contribution in [0.5, 0.6) is 0 Å². The maximum atomic E-state index is 14.2. The second kappa shape index (κ2) is 10.9. The number of thiazole rings is 1. The molecular formula is C30H43N5O5S. The Morgan fingerprint density at radius 2 is 1.63 bits per heavy atom. The molecule has 1 aromatic rings. The summed E-state index contributed by atoms with van der Waals surface area (Å²) in [5.74, 6) is -0.566. The molecule has 2 aliphatic carbocycles. The highest BCUT2D eigenvalue weighted by Crippen LogP contribution is 2.55. The molecule has 5 aliphatic rings. The van der Waals surface area contributed by atoms with Crippen LogP contribution in [0.1, 0.15) is 68.5 Å². The summed E-state index contributed by atoms with van der Waals surface area (Å²) in [6.07, 6.45) is 8.63. The molecule has 11 heteroatoms. The van der Waals surface area contributed by atoms with Gasteiger partial charge in [-0.05, 0) is 30.6 Å². The third-order valence-electron chi connectivity index (χ3n) is 10.6. The highest BCUT2D eigenvalue weighted by Gasteiger charge is 2.62. The Morgan fingerprint density at radius 1 is 0.951 bits per heavy atom. The number of piperazine rings is 1. The summed E-state index contributed by atoms with van der Waals surface area (Å²) in [6.45, 7) is 8.50. The SMILES string of the molecule is CC1(C)C[C@@H]1C(=O)N1CC2(CN(C(=O)c3cncs3)C[C@H]2C(=O)N2CCN(CC3CCCCC3)C(CC(=O)O)C2)C1. The molecule has 5 fully saturated rings. The quantitative estimate of drug-likeness (QED) is 0.523. The Balaban J connectivity index is 1.17. The van der Waals surface area contributed by atoms with Crippen LogP contribution in [-0.4, -0.2) is 112 Å². The Kier molecular flexibility index (Phi) is 7.63. The van der Waals surface area contributed by atoms with Gasteiger partial charge in [0.1, 0.15) is 4.88 Å². The molecule has 1 aromatic heterocycles. The fraction of sp³-hybridized carbons (Fsp3) is 0.767. The number of carboxylic acid groups (broad SMARTS) is 1. The fourth-order valence-corrected chi connectivity index (χ4v) is 8.48. The molecule has 41 heavy (non-hydrogen) atoms. The number of nitrogens with zero attached hydrogens (tertiary/aromatic N) is 5. The zero-order valence-corrected chi connectivity index (χ0v) is 25.1. The zero-order valence-electron chi connectivity index (χ0n) is 24.3. The lowest BCUT2D eigenvalue weighted by Crippen LogP contribution is -2.65. The predicted octanol–water partition coefficient (Wildman–Crippen LogP) is 2.66. The van der Waals surface area contributed by atoms with E-state index in [-0.39, 0.29) is 41.5 Å². The normalized spacial score (nSPS) is 29.4. The standard InChI is InChI=1S/C30H43N5O5S/c1-29(2)11-22(29)26(38)35-17-30(18-35)16-34(28(40)24-12-31-19-41-24)15-23(30)27(39)33-9-8-32(21(14-33)10-25(36)37)13-20-6-4-3-5-7-20/h12,19-23H,3-11,13-18H2,1-2H3,(H,36,37)/t21?,22-,23+/m1/s1. The van der Waals surface area contributed by atoms with Gasteiger partial charge >= 0.3 is 5.97 Å². The highest BCUT2D eigenvalue weighted by atomic mass is 32.1. The lowest BCUT2D eigenvalue weighted by molar-refractivity contribution is -0.157. The van der Waals surface area contributed by atoms with E-state index in [1.807, 2.05) is 9.80 Å². The molecule has 3 amide bonds. The van der Waals surface area contributed by atoms with Gasteiger partial charge in [-0.1, -0.05) is 33.1 Å². The number of likely N-dealkylation sites (tertiary alicyclic amines) is 2. The first-order valence-electron chi connectivity index (χ1n) is 15.3. The molecule has 3 saturated heterocycles. The van der Waals surface area contributed by atoms with E-state index >= 15 is 0 Å². The van der Waals surface area contributed by atoms with Gasteiger partial charge in [-0.3, -0.25) is 29.1 Å². The van der Waals surface area contributed by atoms with Crippen molar-refractivity contribution in [3.8, 4) is 0 Å². The summed E-state index contributed by atoms with van der Waals surface area (Å²) in [5.41, 5.74) is 1.21. The molecule has 224 valence electrons. The Hall–Kier alpha value is -2.53. The van der Waals surface area contributed by atoms with Crippen LogP contribution in [-0.2, 0) is 14.4 Å². The minimum Gasteiger partial charge on any atom is -0.481 e. The largest absolute Gasteiger partial charge is 0.481 e. The van der Waals surface area contributed by atoms with Gasteiger partial charge in [-0.2, -0.15) is 0 Å². The number of hydrogen-bond acceptors (Lipinski definition) is 7. The topological polar surface area (TPSA) is 114 Å². The maximum Gasteiger partial charge on any atom is 0.305 e. The minimum atomic E-state index is -0.840. The number of aliphatic carboxylic acids is 1. The molecule has 0 aromatic carbocycles. The second-order valence-corrected chi connectivity index (χ2v) is 14.8. The van der Waals surface area contributed by atoms with E-state index in [1.54, 1.807) is 16.6 Å². The van der Waals surface area contributed by atoms with E-state index in [2.05, 4.69) is 23.7 Å². The smallest absolute Gasteiger partial charge is 0.305 e. The van der Waals surface area contributed by atoms with Crippen LogP contribution in [0.15, 0.2) is 11.7 Å². The minimum absolute atomic E-state index is 0.00356. The first-order chi connectivity index (χ1) is 19.6. The molecule has 4 heterocycles. The van der Waals surface area contributed by atoms with Gasteiger partial charge in [0.25, 0.3) is 5.91 Å². The van der Waals surface area contributed by atoms with Crippen LogP contribution in [0, 0.1) is 28.6 Å². The maximum absolute atomic E-state index is 14.2. The number of carbonyl (C=O) groups is 4. The molecule has 1 N–H and O–H groups in total. The molecular weight excluding hydrogens is 542 g/mol. The molecule has 2 saturated carbocycles. The van der Waals surface area contributed by atoms with E-state index in [4.69, 9.17) is 0 Å². The fourth-order valence-electron chi connectivity index (χ4n) is 7.89. The molecule has 0 radical (unpaired) electrons. The Morgan fingerprint density at radius 3 is 2.27 bits per heavy atom. The molecule has 1 unspecified atom stereocenters. The Labute approximate surface area is 246 Å². The van der Waals surface area contributed by atoms with Crippen molar-refractivity contribution in [2.45, 2.75) is 64.8 Å².